The number of phenolic OH excluding ortho intramolecular Hbond substituents is 1. The number of unbranched alkanes of at least 4 members (excludes halogenated alkanes) is 1. The molecule has 0 bridgehead atoms. The first-order valence-corrected chi connectivity index (χ1v) is 10.8. The van der Waals surface area contributed by atoms with Crippen LogP contribution >= 0.6 is 8.58 Å². The maximum absolute atomic E-state index is 11.5. The van der Waals surface area contributed by atoms with Crippen LogP contribution in [0.2, 0.25) is 0 Å². The summed E-state index contributed by atoms with van der Waals surface area (Å²) in [5, 5.41) is 11.8. The molecule has 0 aliphatic heterocycles. The van der Waals surface area contributed by atoms with Gasteiger partial charge in [0.2, 0.25) is 0 Å². The molecule has 0 saturated heterocycles. The number of aldehydes is 1. The Morgan fingerprint density at radius 2 is 1.78 bits per heavy atom. The molecule has 0 aliphatic carbocycles. The molecule has 3 heteroatoms. The van der Waals surface area contributed by atoms with Crippen molar-refractivity contribution in [2.75, 3.05) is 0 Å². The predicted octanol–water partition coefficient (Wildman–Crippen LogP) is 6.22. The molecule has 2 atom stereocenters. The fourth-order valence-electron chi connectivity index (χ4n) is 3.44. The number of benzene rings is 2. The van der Waals surface area contributed by atoms with Gasteiger partial charge in [-0.3, -0.25) is 4.79 Å². The van der Waals surface area contributed by atoms with Crippen molar-refractivity contribution < 1.29 is 9.90 Å². The topological polar surface area (TPSA) is 37.3 Å². The highest BCUT2D eigenvalue weighted by Crippen LogP contribution is 2.50. The zero-order chi connectivity index (χ0) is 20.2. The summed E-state index contributed by atoms with van der Waals surface area (Å²) in [6.07, 6.45) is 4.12. The lowest BCUT2D eigenvalue weighted by Crippen LogP contribution is -2.23. The number of phenols is 1. The summed E-state index contributed by atoms with van der Waals surface area (Å²) < 4.78 is 0. The summed E-state index contributed by atoms with van der Waals surface area (Å²) in [6, 6.07) is 12.1. The van der Waals surface area contributed by atoms with E-state index in [1.807, 2.05) is 31.2 Å². The number of aromatic hydroxyl groups is 1. The Morgan fingerprint density at radius 3 is 2.37 bits per heavy atom. The summed E-state index contributed by atoms with van der Waals surface area (Å²) in [6.45, 7) is 13.0. The molecule has 146 valence electrons. The van der Waals surface area contributed by atoms with Crippen molar-refractivity contribution in [2.45, 2.75) is 71.4 Å². The van der Waals surface area contributed by atoms with E-state index in [9.17, 15) is 9.90 Å². The van der Waals surface area contributed by atoms with Gasteiger partial charge in [-0.2, -0.15) is 0 Å². The number of carbonyl (C=O) groups excluding carboxylic acids is 1. The highest BCUT2D eigenvalue weighted by Gasteiger charge is 2.32. The second kappa shape index (κ2) is 8.57. The van der Waals surface area contributed by atoms with Crippen molar-refractivity contribution in [3.63, 3.8) is 0 Å². The van der Waals surface area contributed by atoms with Crippen molar-refractivity contribution in [1.29, 1.82) is 0 Å². The van der Waals surface area contributed by atoms with Crippen LogP contribution in [0.1, 0.15) is 80.9 Å². The third-order valence-corrected chi connectivity index (χ3v) is 7.09. The van der Waals surface area contributed by atoms with Crippen molar-refractivity contribution in [3.8, 4) is 5.75 Å². The van der Waals surface area contributed by atoms with Gasteiger partial charge in [-0.25, -0.2) is 0 Å². The van der Waals surface area contributed by atoms with Gasteiger partial charge in [0.1, 0.15) is 5.75 Å². The van der Waals surface area contributed by atoms with E-state index in [4.69, 9.17) is 0 Å². The maximum atomic E-state index is 11.5. The van der Waals surface area contributed by atoms with E-state index in [0.29, 0.717) is 14.3 Å². The van der Waals surface area contributed by atoms with Gasteiger partial charge in [0.15, 0.2) is 6.29 Å². The number of hydrogen-bond donors (Lipinski definition) is 1. The molecule has 27 heavy (non-hydrogen) atoms. The molecule has 0 saturated carbocycles. The van der Waals surface area contributed by atoms with Crippen LogP contribution in [0.4, 0.5) is 0 Å². The fourth-order valence-corrected chi connectivity index (χ4v) is 5.13. The van der Waals surface area contributed by atoms with Crippen LogP contribution in [0.3, 0.4) is 0 Å². The molecule has 0 fully saturated rings. The molecule has 2 unspecified atom stereocenters. The second-order valence-corrected chi connectivity index (χ2v) is 10.6. The van der Waals surface area contributed by atoms with Gasteiger partial charge >= 0.3 is 0 Å². The Balaban J connectivity index is 2.61. The Labute approximate surface area is 166 Å². The Kier molecular flexibility index (Phi) is 6.87. The Morgan fingerprint density at radius 1 is 1.11 bits per heavy atom. The van der Waals surface area contributed by atoms with Crippen LogP contribution in [0.25, 0.3) is 0 Å². The maximum Gasteiger partial charge on any atom is 0.150 e. The van der Waals surface area contributed by atoms with E-state index in [-0.39, 0.29) is 10.6 Å². The molecule has 0 spiro atoms. The minimum Gasteiger partial charge on any atom is -0.507 e. The lowest BCUT2D eigenvalue weighted by molar-refractivity contribution is 0.112. The lowest BCUT2D eigenvalue weighted by Gasteiger charge is -2.34. The average molecular weight is 385 g/mol. The summed E-state index contributed by atoms with van der Waals surface area (Å²) in [4.78, 5) is 11.5. The van der Waals surface area contributed by atoms with Gasteiger partial charge in [0.05, 0.1) is 0 Å². The summed E-state index contributed by atoms with van der Waals surface area (Å²) in [7, 11) is 0.423. The van der Waals surface area contributed by atoms with Crippen LogP contribution in [-0.2, 0) is 10.6 Å². The van der Waals surface area contributed by atoms with E-state index in [0.717, 1.165) is 47.5 Å². The predicted molar refractivity (Wildman–Crippen MR) is 118 cm³/mol. The second-order valence-electron chi connectivity index (χ2n) is 8.71. The minimum absolute atomic E-state index is 0.0166. The largest absolute Gasteiger partial charge is 0.507 e. The summed E-state index contributed by atoms with van der Waals surface area (Å²) in [5.74, 6) is 0.401. The van der Waals surface area contributed by atoms with Gasteiger partial charge in [-0.05, 0) is 35.2 Å². The van der Waals surface area contributed by atoms with Gasteiger partial charge < -0.3 is 5.11 Å². The standard InChI is InChI=1S/C24H33O2P/c1-7-8-13-24(6,27-21-12-10-9-11-18(21)16-25)20-15-19(23(3,4)5)14-17(2)22(20)26/h9-12,14-16,26-27H,7-8,13H2,1-6H3. The number of hydrogen-bond acceptors (Lipinski definition) is 2. The van der Waals surface area contributed by atoms with Crippen molar-refractivity contribution in [3.05, 3.63) is 58.7 Å². The molecule has 1 N–H and O–H groups in total. The quantitative estimate of drug-likeness (QED) is 0.454. The molecule has 0 heterocycles. The molecule has 2 aromatic rings. The van der Waals surface area contributed by atoms with Gasteiger partial charge in [0, 0.05) is 16.3 Å². The van der Waals surface area contributed by atoms with Crippen LogP contribution in [0, 0.1) is 6.92 Å². The first-order valence-electron chi connectivity index (χ1n) is 9.79. The first kappa shape index (κ1) is 21.6. The van der Waals surface area contributed by atoms with Crippen molar-refractivity contribution in [2.24, 2.45) is 0 Å². The van der Waals surface area contributed by atoms with Gasteiger partial charge in [-0.15, -0.1) is 0 Å². The van der Waals surface area contributed by atoms with Crippen LogP contribution in [0.5, 0.6) is 5.75 Å². The minimum atomic E-state index is -0.203. The van der Waals surface area contributed by atoms with Crippen LogP contribution in [0.15, 0.2) is 36.4 Å². The van der Waals surface area contributed by atoms with E-state index in [1.54, 1.807) is 0 Å². The first-order chi connectivity index (χ1) is 12.6. The van der Waals surface area contributed by atoms with E-state index in [2.05, 4.69) is 46.8 Å². The number of carbonyl (C=O) groups is 1. The van der Waals surface area contributed by atoms with Gasteiger partial charge in [0.25, 0.3) is 0 Å². The van der Waals surface area contributed by atoms with Crippen LogP contribution < -0.4 is 5.30 Å². The highest BCUT2D eigenvalue weighted by atomic mass is 31.1. The van der Waals surface area contributed by atoms with E-state index < -0.39 is 0 Å². The number of rotatable bonds is 7. The lowest BCUT2D eigenvalue weighted by atomic mass is 9.82. The molecule has 0 aliphatic rings. The molecule has 2 nitrogen and oxygen atoms in total. The van der Waals surface area contributed by atoms with Gasteiger partial charge in [-0.1, -0.05) is 92.4 Å². The zero-order valence-electron chi connectivity index (χ0n) is 17.5. The molecular weight excluding hydrogens is 351 g/mol. The zero-order valence-corrected chi connectivity index (χ0v) is 18.5. The Bertz CT molecular complexity index is 805. The SMILES string of the molecule is CCCCC(C)(Pc1ccccc1C=O)c1cc(C(C)(C)C)cc(C)c1O. The third kappa shape index (κ3) is 4.99. The monoisotopic (exact) mass is 384 g/mol. The molecular formula is C24H33O2P. The Hall–Kier alpha value is -1.66. The van der Waals surface area contributed by atoms with Crippen LogP contribution in [-0.4, -0.2) is 11.4 Å². The van der Waals surface area contributed by atoms with Crippen molar-refractivity contribution in [1.82, 2.24) is 0 Å². The average Bonchev–Trinajstić information content (AvgIpc) is 2.61. The van der Waals surface area contributed by atoms with E-state index in [1.165, 1.54) is 5.56 Å². The molecule has 0 amide bonds. The highest BCUT2D eigenvalue weighted by molar-refractivity contribution is 7.48. The molecule has 2 rings (SSSR count). The van der Waals surface area contributed by atoms with Crippen molar-refractivity contribution >= 4 is 20.2 Å². The third-order valence-electron chi connectivity index (χ3n) is 5.29. The fraction of sp³-hybridized carbons (Fsp3) is 0.458. The smallest absolute Gasteiger partial charge is 0.150 e. The molecule has 2 aromatic carbocycles. The normalized spacial score (nSPS) is 14.4. The van der Waals surface area contributed by atoms with E-state index >= 15 is 0 Å². The summed E-state index contributed by atoms with van der Waals surface area (Å²) in [5.41, 5.74) is 3.95. The number of aryl methyl sites for hydroxylation is 1. The molecule has 0 radical (unpaired) electrons. The molecule has 0 aromatic heterocycles. The summed E-state index contributed by atoms with van der Waals surface area (Å²) >= 11 is 0.